The van der Waals surface area contributed by atoms with Crippen molar-refractivity contribution in [1.29, 1.82) is 0 Å². The molecule has 0 spiro atoms. The molecular formula is C16H11ClF3N3O4. The molecule has 4 amide bonds. The minimum Gasteiger partial charge on any atom is -0.467 e. The van der Waals surface area contributed by atoms with Crippen LogP contribution in [0.1, 0.15) is 16.1 Å². The van der Waals surface area contributed by atoms with E-state index in [-0.39, 0.29) is 16.3 Å². The fraction of sp³-hybridized carbons (Fsp3) is 0.188. The van der Waals surface area contributed by atoms with Gasteiger partial charge in [-0.15, -0.1) is 0 Å². The van der Waals surface area contributed by atoms with Crippen molar-refractivity contribution >= 4 is 29.4 Å². The van der Waals surface area contributed by atoms with Crippen molar-refractivity contribution in [2.45, 2.75) is 18.4 Å². The first-order valence-electron chi connectivity index (χ1n) is 7.46. The minimum atomic E-state index is -5.31. The van der Waals surface area contributed by atoms with E-state index in [2.05, 4.69) is 0 Å². The largest absolute Gasteiger partial charge is 0.467 e. The fourth-order valence-corrected chi connectivity index (χ4v) is 2.73. The molecule has 1 aromatic heterocycles. The zero-order chi connectivity index (χ0) is 19.8. The summed E-state index contributed by atoms with van der Waals surface area (Å²) in [5.74, 6) is -2.86. The number of alkyl halides is 3. The van der Waals surface area contributed by atoms with Gasteiger partial charge in [-0.3, -0.25) is 19.8 Å². The van der Waals surface area contributed by atoms with E-state index < -0.39 is 36.2 Å². The van der Waals surface area contributed by atoms with Gasteiger partial charge in [0, 0.05) is 0 Å². The first-order chi connectivity index (χ1) is 12.7. The van der Waals surface area contributed by atoms with Crippen LogP contribution in [0.15, 0.2) is 47.1 Å². The van der Waals surface area contributed by atoms with Crippen LogP contribution in [0.4, 0.5) is 18.0 Å². The second-order valence-corrected chi connectivity index (χ2v) is 5.99. The Morgan fingerprint density at radius 3 is 2.52 bits per heavy atom. The summed E-state index contributed by atoms with van der Waals surface area (Å²) in [6.45, 7) is -0.530. The molecule has 142 valence electrons. The Morgan fingerprint density at radius 2 is 1.93 bits per heavy atom. The third kappa shape index (κ3) is 3.23. The first-order valence-corrected chi connectivity index (χ1v) is 7.84. The SMILES string of the molecule is O=C(N[C@]1(C(F)(F)F)NC(=O)N(Cc2ccco2)C1=O)c1ccccc1Cl. The number of rotatable bonds is 4. The van der Waals surface area contributed by atoms with Crippen LogP contribution in [0, 0.1) is 0 Å². The van der Waals surface area contributed by atoms with Gasteiger partial charge >= 0.3 is 12.2 Å². The highest BCUT2D eigenvalue weighted by molar-refractivity contribution is 6.34. The van der Waals surface area contributed by atoms with E-state index in [0.717, 1.165) is 0 Å². The fourth-order valence-electron chi connectivity index (χ4n) is 2.51. The lowest BCUT2D eigenvalue weighted by molar-refractivity contribution is -0.200. The Hall–Kier alpha value is -3.01. The quantitative estimate of drug-likeness (QED) is 0.770. The van der Waals surface area contributed by atoms with E-state index in [1.54, 1.807) is 5.32 Å². The van der Waals surface area contributed by atoms with Crippen LogP contribution in [0.2, 0.25) is 5.02 Å². The molecule has 3 rings (SSSR count). The second-order valence-electron chi connectivity index (χ2n) is 5.58. The molecule has 1 atom stereocenters. The van der Waals surface area contributed by atoms with Crippen molar-refractivity contribution in [3.63, 3.8) is 0 Å². The zero-order valence-corrected chi connectivity index (χ0v) is 14.1. The number of carbonyl (C=O) groups is 3. The molecule has 0 aliphatic carbocycles. The van der Waals surface area contributed by atoms with Crippen LogP contribution in [0.5, 0.6) is 0 Å². The highest BCUT2D eigenvalue weighted by Gasteiger charge is 2.68. The summed E-state index contributed by atoms with van der Waals surface area (Å²) in [6.07, 6.45) is -4.07. The van der Waals surface area contributed by atoms with E-state index in [9.17, 15) is 27.6 Å². The number of imide groups is 1. The lowest BCUT2D eigenvalue weighted by Crippen LogP contribution is -2.69. The van der Waals surface area contributed by atoms with Gasteiger partial charge < -0.3 is 9.73 Å². The maximum Gasteiger partial charge on any atom is 0.440 e. The first kappa shape index (κ1) is 18.8. The summed E-state index contributed by atoms with van der Waals surface area (Å²) in [4.78, 5) is 37.1. The smallest absolute Gasteiger partial charge is 0.440 e. The number of urea groups is 1. The number of furan rings is 1. The molecule has 1 aliphatic heterocycles. The zero-order valence-electron chi connectivity index (χ0n) is 13.3. The van der Waals surface area contributed by atoms with Crippen molar-refractivity contribution in [3.05, 3.63) is 59.0 Å². The number of nitrogens with one attached hydrogen (secondary N) is 2. The van der Waals surface area contributed by atoms with Gasteiger partial charge in [-0.25, -0.2) is 4.79 Å². The highest BCUT2D eigenvalue weighted by atomic mass is 35.5. The summed E-state index contributed by atoms with van der Waals surface area (Å²) in [5.41, 5.74) is -3.90. The Labute approximate surface area is 155 Å². The topological polar surface area (TPSA) is 91.7 Å². The van der Waals surface area contributed by atoms with Crippen LogP contribution in [-0.2, 0) is 11.3 Å². The molecule has 2 N–H and O–H groups in total. The van der Waals surface area contributed by atoms with Gasteiger partial charge in [0.2, 0.25) is 0 Å². The maximum absolute atomic E-state index is 13.7. The number of carbonyl (C=O) groups excluding carboxylic acids is 3. The lowest BCUT2D eigenvalue weighted by atomic mass is 10.1. The van der Waals surface area contributed by atoms with Crippen LogP contribution in [0.25, 0.3) is 0 Å². The summed E-state index contributed by atoms with van der Waals surface area (Å²) in [7, 11) is 0. The van der Waals surface area contributed by atoms with E-state index in [4.69, 9.17) is 16.0 Å². The second kappa shape index (κ2) is 6.62. The minimum absolute atomic E-state index is 0.0916. The molecule has 27 heavy (non-hydrogen) atoms. The molecule has 2 heterocycles. The number of benzene rings is 1. The molecule has 0 bridgehead atoms. The summed E-state index contributed by atoms with van der Waals surface area (Å²) in [6, 6.07) is 6.86. The number of nitrogens with zero attached hydrogens (tertiary/aromatic N) is 1. The number of halogens is 4. The molecule has 7 nitrogen and oxygen atoms in total. The van der Waals surface area contributed by atoms with Gasteiger partial charge in [-0.1, -0.05) is 23.7 Å². The molecule has 0 saturated carbocycles. The Balaban J connectivity index is 1.94. The summed E-state index contributed by atoms with van der Waals surface area (Å²) < 4.78 is 46.2. The molecule has 11 heteroatoms. The van der Waals surface area contributed by atoms with Crippen LogP contribution >= 0.6 is 11.6 Å². The monoisotopic (exact) mass is 401 g/mol. The van der Waals surface area contributed by atoms with Crippen LogP contribution < -0.4 is 10.6 Å². The van der Waals surface area contributed by atoms with Gasteiger partial charge in [0.15, 0.2) is 0 Å². The number of hydrogen-bond acceptors (Lipinski definition) is 4. The summed E-state index contributed by atoms with van der Waals surface area (Å²) in [5, 5.41) is 3.00. The number of amides is 4. The molecule has 0 radical (unpaired) electrons. The molecule has 0 unspecified atom stereocenters. The standard InChI is InChI=1S/C16H11ClF3N3O4/c17-11-6-2-1-5-10(11)12(24)21-15(16(18,19)20)13(25)23(14(26)22-15)8-9-4-3-7-27-9/h1-7H,8H2,(H,21,24)(H,22,26)/t15-/m0/s1. The Morgan fingerprint density at radius 1 is 1.22 bits per heavy atom. The molecule has 1 aromatic carbocycles. The average molecular weight is 402 g/mol. The van der Waals surface area contributed by atoms with E-state index >= 15 is 0 Å². The van der Waals surface area contributed by atoms with Crippen LogP contribution in [0.3, 0.4) is 0 Å². The molecule has 1 saturated heterocycles. The molecule has 1 fully saturated rings. The summed E-state index contributed by atoms with van der Waals surface area (Å²) >= 11 is 5.82. The van der Waals surface area contributed by atoms with Gasteiger partial charge in [0.05, 0.1) is 23.4 Å². The van der Waals surface area contributed by atoms with Crippen molar-refractivity contribution in [2.24, 2.45) is 0 Å². The highest BCUT2D eigenvalue weighted by Crippen LogP contribution is 2.35. The Bertz CT molecular complexity index is 901. The third-order valence-corrected chi connectivity index (χ3v) is 4.17. The van der Waals surface area contributed by atoms with Crippen molar-refractivity contribution in [1.82, 2.24) is 15.5 Å². The van der Waals surface area contributed by atoms with Gasteiger partial charge in [-0.05, 0) is 24.3 Å². The average Bonchev–Trinajstić information content (AvgIpc) is 3.18. The third-order valence-electron chi connectivity index (χ3n) is 3.84. The lowest BCUT2D eigenvalue weighted by Gasteiger charge is -2.29. The van der Waals surface area contributed by atoms with Crippen molar-refractivity contribution in [2.75, 3.05) is 0 Å². The molecular weight excluding hydrogens is 391 g/mol. The van der Waals surface area contributed by atoms with E-state index in [1.807, 2.05) is 0 Å². The number of hydrogen-bond donors (Lipinski definition) is 2. The van der Waals surface area contributed by atoms with Crippen LogP contribution in [-0.4, -0.2) is 34.6 Å². The maximum atomic E-state index is 13.7. The van der Waals surface area contributed by atoms with Gasteiger partial charge in [0.1, 0.15) is 5.76 Å². The van der Waals surface area contributed by atoms with Gasteiger partial charge in [0.25, 0.3) is 17.5 Å². The molecule has 1 aliphatic rings. The van der Waals surface area contributed by atoms with Crippen molar-refractivity contribution < 1.29 is 32.0 Å². The van der Waals surface area contributed by atoms with E-state index in [1.165, 1.54) is 48.0 Å². The molecule has 2 aromatic rings. The predicted molar refractivity (Wildman–Crippen MR) is 85.5 cm³/mol. The van der Waals surface area contributed by atoms with E-state index in [0.29, 0.717) is 4.90 Å². The normalized spacial score (nSPS) is 19.9. The van der Waals surface area contributed by atoms with Crippen molar-refractivity contribution in [3.8, 4) is 0 Å². The predicted octanol–water partition coefficient (Wildman–Crippen LogP) is 2.67. The van der Waals surface area contributed by atoms with Gasteiger partial charge in [-0.2, -0.15) is 13.2 Å². The Kier molecular flexibility index (Phi) is 4.60.